The zero-order chi connectivity index (χ0) is 18.1. The fourth-order valence-electron chi connectivity index (χ4n) is 3.67. The molecule has 1 unspecified atom stereocenters. The van der Waals surface area contributed by atoms with Crippen molar-refractivity contribution in [2.45, 2.75) is 38.0 Å². The molecule has 1 aliphatic rings. The van der Waals surface area contributed by atoms with Crippen LogP contribution in [-0.2, 0) is 17.8 Å². The van der Waals surface area contributed by atoms with Crippen LogP contribution >= 0.6 is 11.6 Å². The molecular weight excluding hydrogens is 354 g/mol. The third-order valence-corrected chi connectivity index (χ3v) is 5.08. The van der Waals surface area contributed by atoms with Crippen LogP contribution in [0.4, 0.5) is 0 Å². The Balaban J connectivity index is 1.33. The van der Waals surface area contributed by atoms with E-state index in [4.69, 9.17) is 11.6 Å². The summed E-state index contributed by atoms with van der Waals surface area (Å²) in [5.41, 5.74) is 1.87. The average molecular weight is 374 g/mol. The highest BCUT2D eigenvalue weighted by Crippen LogP contribution is 2.28. The van der Waals surface area contributed by atoms with E-state index in [0.29, 0.717) is 18.0 Å². The Kier molecular flexibility index (Phi) is 4.65. The minimum Gasteiger partial charge on any atom is -0.391 e. The van der Waals surface area contributed by atoms with Crippen LogP contribution in [0.15, 0.2) is 36.8 Å². The molecule has 3 aromatic rings. The van der Waals surface area contributed by atoms with E-state index in [1.54, 1.807) is 23.3 Å². The molecule has 0 saturated heterocycles. The number of aromatic nitrogens is 4. The summed E-state index contributed by atoms with van der Waals surface area (Å²) < 4.78 is 1.78. The maximum Gasteiger partial charge on any atom is 0.224 e. The summed E-state index contributed by atoms with van der Waals surface area (Å²) in [6, 6.07) is 5.56. The van der Waals surface area contributed by atoms with E-state index in [1.165, 1.54) is 0 Å². The molecule has 2 aromatic heterocycles. The number of H-pyrrole nitrogens is 1. The van der Waals surface area contributed by atoms with Crippen LogP contribution in [0, 0.1) is 5.92 Å². The van der Waals surface area contributed by atoms with Crippen molar-refractivity contribution in [3.8, 4) is 0 Å². The average Bonchev–Trinajstić information content (AvgIpc) is 3.29. The lowest BCUT2D eigenvalue weighted by atomic mass is 10.1. The van der Waals surface area contributed by atoms with E-state index in [9.17, 15) is 9.90 Å². The zero-order valence-corrected chi connectivity index (χ0v) is 14.9. The molecule has 1 amide bonds. The van der Waals surface area contributed by atoms with Gasteiger partial charge in [0.25, 0.3) is 0 Å². The van der Waals surface area contributed by atoms with Gasteiger partial charge >= 0.3 is 0 Å². The van der Waals surface area contributed by atoms with Crippen molar-refractivity contribution in [1.29, 1.82) is 0 Å². The molecule has 8 heteroatoms. The van der Waals surface area contributed by atoms with Crippen molar-refractivity contribution in [2.24, 2.45) is 5.92 Å². The number of fused-ring (bicyclic) bond motifs is 1. The second-order valence-corrected chi connectivity index (χ2v) is 7.36. The van der Waals surface area contributed by atoms with Crippen molar-refractivity contribution in [3.05, 3.63) is 47.4 Å². The van der Waals surface area contributed by atoms with Gasteiger partial charge in [0.2, 0.25) is 5.91 Å². The van der Waals surface area contributed by atoms with Crippen molar-refractivity contribution >= 4 is 28.4 Å². The number of hydrogen-bond donors (Lipinski definition) is 3. The number of rotatable bonds is 5. The van der Waals surface area contributed by atoms with Gasteiger partial charge in [-0.3, -0.25) is 14.6 Å². The molecule has 7 nitrogen and oxygen atoms in total. The first-order valence-corrected chi connectivity index (χ1v) is 9.02. The molecule has 0 radical (unpaired) electrons. The molecule has 0 spiro atoms. The van der Waals surface area contributed by atoms with Gasteiger partial charge in [-0.15, -0.1) is 0 Å². The predicted octanol–water partition coefficient (Wildman–Crippen LogP) is 1.91. The maximum absolute atomic E-state index is 12.4. The third-order valence-electron chi connectivity index (χ3n) is 4.89. The van der Waals surface area contributed by atoms with Gasteiger partial charge < -0.3 is 10.4 Å². The molecule has 1 fully saturated rings. The normalized spacial score (nSPS) is 22.8. The van der Waals surface area contributed by atoms with Crippen LogP contribution in [-0.4, -0.2) is 43.1 Å². The number of benzene rings is 1. The largest absolute Gasteiger partial charge is 0.391 e. The number of amides is 1. The summed E-state index contributed by atoms with van der Waals surface area (Å²) in [6.45, 7) is 0.688. The fraction of sp³-hybridized carbons (Fsp3) is 0.389. The second kappa shape index (κ2) is 7.09. The van der Waals surface area contributed by atoms with Gasteiger partial charge in [0, 0.05) is 18.1 Å². The molecular formula is C18H20ClN5O2. The summed E-state index contributed by atoms with van der Waals surface area (Å²) in [6.07, 6.45) is 6.22. The SMILES string of the molecule is O=C(Cc1ccc2[nH]ncc2c1)N[C@@H]1CC(Cn2cc(Cl)cn2)C[C@H]1O. The predicted molar refractivity (Wildman–Crippen MR) is 97.7 cm³/mol. The summed E-state index contributed by atoms with van der Waals surface area (Å²) in [4.78, 5) is 12.4. The van der Waals surface area contributed by atoms with Crippen LogP contribution in [0.2, 0.25) is 5.02 Å². The van der Waals surface area contributed by atoms with Gasteiger partial charge in [-0.05, 0) is 36.5 Å². The van der Waals surface area contributed by atoms with E-state index in [0.717, 1.165) is 22.9 Å². The van der Waals surface area contributed by atoms with Crippen molar-refractivity contribution in [2.75, 3.05) is 0 Å². The van der Waals surface area contributed by atoms with Crippen molar-refractivity contribution in [1.82, 2.24) is 25.3 Å². The molecule has 3 N–H and O–H groups in total. The molecule has 1 aliphatic carbocycles. The summed E-state index contributed by atoms with van der Waals surface area (Å²) in [5, 5.41) is 25.9. The van der Waals surface area contributed by atoms with Gasteiger partial charge in [0.1, 0.15) is 0 Å². The first-order chi connectivity index (χ1) is 12.6. The van der Waals surface area contributed by atoms with E-state index in [2.05, 4.69) is 20.6 Å². The Morgan fingerprint density at radius 3 is 3.08 bits per heavy atom. The smallest absolute Gasteiger partial charge is 0.224 e. The summed E-state index contributed by atoms with van der Waals surface area (Å²) >= 11 is 5.88. The topological polar surface area (TPSA) is 95.8 Å². The molecule has 136 valence electrons. The van der Waals surface area contributed by atoms with Gasteiger partial charge in [0.15, 0.2) is 0 Å². The lowest BCUT2D eigenvalue weighted by molar-refractivity contribution is -0.121. The minimum atomic E-state index is -0.536. The van der Waals surface area contributed by atoms with Crippen molar-refractivity contribution in [3.63, 3.8) is 0 Å². The van der Waals surface area contributed by atoms with E-state index < -0.39 is 6.10 Å². The first kappa shape index (κ1) is 17.1. The molecule has 1 saturated carbocycles. The molecule has 3 atom stereocenters. The summed E-state index contributed by atoms with van der Waals surface area (Å²) in [7, 11) is 0. The van der Waals surface area contributed by atoms with Gasteiger partial charge in [-0.25, -0.2) is 0 Å². The lowest BCUT2D eigenvalue weighted by Crippen LogP contribution is -2.40. The maximum atomic E-state index is 12.4. The third kappa shape index (κ3) is 3.73. The Hall–Kier alpha value is -2.38. The Labute approximate surface area is 155 Å². The van der Waals surface area contributed by atoms with Crippen LogP contribution in [0.5, 0.6) is 0 Å². The lowest BCUT2D eigenvalue weighted by Gasteiger charge is -2.16. The molecule has 0 aliphatic heterocycles. The van der Waals surface area contributed by atoms with E-state index in [-0.39, 0.29) is 24.3 Å². The standard InChI is InChI=1S/C18H20ClN5O2/c19-14-8-21-24(10-14)9-12-4-16(17(25)5-12)22-18(26)6-11-1-2-15-13(3-11)7-20-23-15/h1-3,7-8,10,12,16-17,25H,4-6,9H2,(H,20,23)(H,22,26)/t12?,16-,17-/m1/s1. The molecule has 1 aromatic carbocycles. The van der Waals surface area contributed by atoms with E-state index in [1.807, 2.05) is 18.2 Å². The number of carbonyl (C=O) groups is 1. The van der Waals surface area contributed by atoms with Crippen LogP contribution < -0.4 is 5.32 Å². The number of halogens is 1. The number of carbonyl (C=O) groups excluding carboxylic acids is 1. The minimum absolute atomic E-state index is 0.0836. The Morgan fingerprint density at radius 1 is 1.38 bits per heavy atom. The second-order valence-electron chi connectivity index (χ2n) is 6.93. The van der Waals surface area contributed by atoms with Gasteiger partial charge in [-0.1, -0.05) is 17.7 Å². The Bertz CT molecular complexity index is 921. The van der Waals surface area contributed by atoms with Crippen LogP contribution in [0.25, 0.3) is 10.9 Å². The quantitative estimate of drug-likeness (QED) is 0.636. The van der Waals surface area contributed by atoms with E-state index >= 15 is 0 Å². The van der Waals surface area contributed by atoms with Crippen molar-refractivity contribution < 1.29 is 9.90 Å². The zero-order valence-electron chi connectivity index (χ0n) is 14.1. The molecule has 2 heterocycles. The summed E-state index contributed by atoms with van der Waals surface area (Å²) in [5.74, 6) is 0.174. The number of nitrogens with one attached hydrogen (secondary N) is 2. The monoisotopic (exact) mass is 373 g/mol. The fourth-order valence-corrected chi connectivity index (χ4v) is 3.83. The van der Waals surface area contributed by atoms with Crippen LogP contribution in [0.1, 0.15) is 18.4 Å². The number of nitrogens with zero attached hydrogens (tertiary/aromatic N) is 3. The highest BCUT2D eigenvalue weighted by molar-refractivity contribution is 6.30. The number of aliphatic hydroxyl groups is 1. The molecule has 26 heavy (non-hydrogen) atoms. The Morgan fingerprint density at radius 2 is 2.27 bits per heavy atom. The number of aromatic amines is 1. The van der Waals surface area contributed by atoms with Gasteiger partial charge in [-0.2, -0.15) is 10.2 Å². The molecule has 4 rings (SSSR count). The number of hydrogen-bond acceptors (Lipinski definition) is 4. The van der Waals surface area contributed by atoms with Gasteiger partial charge in [0.05, 0.1) is 41.5 Å². The van der Waals surface area contributed by atoms with Crippen LogP contribution in [0.3, 0.4) is 0 Å². The molecule has 0 bridgehead atoms. The highest BCUT2D eigenvalue weighted by Gasteiger charge is 2.34. The number of aliphatic hydroxyl groups excluding tert-OH is 1. The highest BCUT2D eigenvalue weighted by atomic mass is 35.5. The first-order valence-electron chi connectivity index (χ1n) is 8.64.